The molecule has 1 aliphatic rings. The van der Waals surface area contributed by atoms with Crippen LogP contribution < -0.4 is 11.1 Å². The van der Waals surface area contributed by atoms with Gasteiger partial charge in [0.25, 0.3) is 0 Å². The molecule has 0 bridgehead atoms. The van der Waals surface area contributed by atoms with Gasteiger partial charge in [0.1, 0.15) is 5.82 Å². The highest BCUT2D eigenvalue weighted by Gasteiger charge is 2.12. The van der Waals surface area contributed by atoms with E-state index in [1.54, 1.807) is 6.20 Å². The molecule has 100 valence electrons. The van der Waals surface area contributed by atoms with Gasteiger partial charge >= 0.3 is 0 Å². The zero-order valence-corrected chi connectivity index (χ0v) is 12.5. The molecule has 18 heavy (non-hydrogen) atoms. The Labute approximate surface area is 124 Å². The largest absolute Gasteiger partial charge is 0.376 e. The van der Waals surface area contributed by atoms with Gasteiger partial charge in [0.05, 0.1) is 12.6 Å². The third-order valence-corrected chi connectivity index (χ3v) is 2.66. The van der Waals surface area contributed by atoms with Crippen molar-refractivity contribution in [3.05, 3.63) is 24.4 Å². The van der Waals surface area contributed by atoms with Crippen molar-refractivity contribution < 1.29 is 4.74 Å². The minimum atomic E-state index is 0. The van der Waals surface area contributed by atoms with Crippen molar-refractivity contribution in [2.75, 3.05) is 18.5 Å². The molecule has 2 heterocycles. The first-order valence-corrected chi connectivity index (χ1v) is 5.94. The van der Waals surface area contributed by atoms with Crippen molar-refractivity contribution in [2.45, 2.75) is 25.4 Å². The number of aromatic nitrogens is 1. The van der Waals surface area contributed by atoms with Crippen LogP contribution in [0.1, 0.15) is 19.3 Å². The first-order chi connectivity index (χ1) is 8.34. The summed E-state index contributed by atoms with van der Waals surface area (Å²) >= 11 is 0. The van der Waals surface area contributed by atoms with Crippen LogP contribution in [-0.4, -0.2) is 30.2 Å². The quantitative estimate of drug-likeness (QED) is 0.490. The maximum Gasteiger partial charge on any atom is 0.194 e. The summed E-state index contributed by atoms with van der Waals surface area (Å²) in [6.07, 6.45) is 5.36. The Morgan fingerprint density at radius 3 is 3.06 bits per heavy atom. The van der Waals surface area contributed by atoms with Gasteiger partial charge in [-0.3, -0.25) is 4.99 Å². The number of hydrogen-bond donors (Lipinski definition) is 2. The molecule has 5 nitrogen and oxygen atoms in total. The Hall–Kier alpha value is -0.890. The van der Waals surface area contributed by atoms with E-state index in [4.69, 9.17) is 10.5 Å². The summed E-state index contributed by atoms with van der Waals surface area (Å²) in [6, 6.07) is 5.60. The van der Waals surface area contributed by atoms with Crippen LogP contribution in [0.15, 0.2) is 29.4 Å². The Morgan fingerprint density at radius 1 is 1.50 bits per heavy atom. The molecular weight excluding hydrogens is 343 g/mol. The molecule has 1 atom stereocenters. The van der Waals surface area contributed by atoms with Crippen molar-refractivity contribution >= 4 is 35.8 Å². The van der Waals surface area contributed by atoms with Gasteiger partial charge in [-0.25, -0.2) is 4.98 Å². The number of ether oxygens (including phenoxy) is 1. The van der Waals surface area contributed by atoms with Crippen LogP contribution in [0.3, 0.4) is 0 Å². The summed E-state index contributed by atoms with van der Waals surface area (Å²) in [7, 11) is 0. The van der Waals surface area contributed by atoms with Gasteiger partial charge in [0.2, 0.25) is 0 Å². The normalized spacial score (nSPS) is 20.0. The predicted octanol–water partition coefficient (Wildman–Crippen LogP) is 2.00. The summed E-state index contributed by atoms with van der Waals surface area (Å²) in [5.41, 5.74) is 5.77. The van der Waals surface area contributed by atoms with Crippen molar-refractivity contribution in [3.63, 3.8) is 0 Å². The second kappa shape index (κ2) is 8.25. The van der Waals surface area contributed by atoms with Crippen LogP contribution in [0.4, 0.5) is 5.82 Å². The fourth-order valence-electron chi connectivity index (χ4n) is 1.76. The zero-order valence-electron chi connectivity index (χ0n) is 10.2. The summed E-state index contributed by atoms with van der Waals surface area (Å²) in [5.74, 6) is 1.09. The number of nitrogens with two attached hydrogens (primary N) is 1. The van der Waals surface area contributed by atoms with Crippen LogP contribution in [-0.2, 0) is 4.74 Å². The van der Waals surface area contributed by atoms with Crippen LogP contribution in [0, 0.1) is 0 Å². The highest BCUT2D eigenvalue weighted by molar-refractivity contribution is 14.0. The molecule has 0 spiro atoms. The second-order valence-corrected chi connectivity index (χ2v) is 4.05. The molecule has 3 N–H and O–H groups in total. The molecule has 1 aromatic rings. The van der Waals surface area contributed by atoms with Gasteiger partial charge in [0, 0.05) is 12.8 Å². The lowest BCUT2D eigenvalue weighted by molar-refractivity contribution is 0.0225. The average molecular weight is 362 g/mol. The van der Waals surface area contributed by atoms with Crippen molar-refractivity contribution in [1.82, 2.24) is 4.98 Å². The van der Waals surface area contributed by atoms with E-state index in [1.165, 1.54) is 6.42 Å². The first kappa shape index (κ1) is 15.2. The standard InChI is InChI=1S/C12H18N4O.HI/c13-12(16-11-6-1-3-7-14-11)15-9-10-5-2-4-8-17-10;/h1,3,6-7,10H,2,4-5,8-9H2,(H3,13,14,15,16);1H. The molecule has 1 aliphatic heterocycles. The van der Waals surface area contributed by atoms with E-state index < -0.39 is 0 Å². The predicted molar refractivity (Wildman–Crippen MR) is 83.4 cm³/mol. The lowest BCUT2D eigenvalue weighted by Crippen LogP contribution is -2.27. The van der Waals surface area contributed by atoms with Gasteiger partial charge in [-0.1, -0.05) is 6.07 Å². The van der Waals surface area contributed by atoms with E-state index in [0.29, 0.717) is 18.3 Å². The lowest BCUT2D eigenvalue weighted by atomic mass is 10.1. The van der Waals surface area contributed by atoms with Gasteiger partial charge in [0.15, 0.2) is 5.96 Å². The molecular formula is C12H19IN4O. The highest BCUT2D eigenvalue weighted by atomic mass is 127. The van der Waals surface area contributed by atoms with Crippen LogP contribution in [0.25, 0.3) is 0 Å². The third-order valence-electron chi connectivity index (χ3n) is 2.66. The zero-order chi connectivity index (χ0) is 11.9. The van der Waals surface area contributed by atoms with E-state index >= 15 is 0 Å². The summed E-state index contributed by atoms with van der Waals surface area (Å²) in [6.45, 7) is 1.46. The molecule has 1 aromatic heterocycles. The van der Waals surface area contributed by atoms with Crippen molar-refractivity contribution in [2.24, 2.45) is 10.7 Å². The van der Waals surface area contributed by atoms with Gasteiger partial charge in [-0.15, -0.1) is 24.0 Å². The molecule has 0 aromatic carbocycles. The number of hydrogen-bond acceptors (Lipinski definition) is 3. The second-order valence-electron chi connectivity index (χ2n) is 4.05. The maximum atomic E-state index is 5.77. The molecule has 2 rings (SSSR count). The molecule has 6 heteroatoms. The van der Waals surface area contributed by atoms with E-state index in [9.17, 15) is 0 Å². The average Bonchev–Trinajstić information content (AvgIpc) is 2.39. The Balaban J connectivity index is 0.00000162. The van der Waals surface area contributed by atoms with Crippen molar-refractivity contribution in [1.29, 1.82) is 0 Å². The summed E-state index contributed by atoms with van der Waals surface area (Å²) < 4.78 is 5.57. The van der Waals surface area contributed by atoms with Crippen molar-refractivity contribution in [3.8, 4) is 0 Å². The molecule has 1 saturated heterocycles. The Morgan fingerprint density at radius 2 is 2.39 bits per heavy atom. The number of guanidine groups is 1. The SMILES string of the molecule is I.NC(=NCC1CCCCO1)Nc1ccccn1. The topological polar surface area (TPSA) is 72.5 Å². The van der Waals surface area contributed by atoms with Gasteiger partial charge in [-0.05, 0) is 31.4 Å². The van der Waals surface area contributed by atoms with E-state index in [0.717, 1.165) is 19.4 Å². The Kier molecular flexibility index (Phi) is 6.96. The highest BCUT2D eigenvalue weighted by Crippen LogP contribution is 2.12. The Bertz CT molecular complexity index is 366. The molecule has 0 radical (unpaired) electrons. The molecule has 0 saturated carbocycles. The minimum Gasteiger partial charge on any atom is -0.376 e. The van der Waals surface area contributed by atoms with Crippen LogP contribution in [0.5, 0.6) is 0 Å². The minimum absolute atomic E-state index is 0. The van der Waals surface area contributed by atoms with E-state index in [-0.39, 0.29) is 30.1 Å². The fraction of sp³-hybridized carbons (Fsp3) is 0.500. The molecule has 0 amide bonds. The number of halogens is 1. The molecule has 1 unspecified atom stereocenters. The van der Waals surface area contributed by atoms with E-state index in [2.05, 4.69) is 15.3 Å². The molecule has 1 fully saturated rings. The summed E-state index contributed by atoms with van der Waals surface area (Å²) in [5, 5.41) is 2.94. The summed E-state index contributed by atoms with van der Waals surface area (Å²) in [4.78, 5) is 8.37. The smallest absolute Gasteiger partial charge is 0.194 e. The third kappa shape index (κ3) is 5.18. The first-order valence-electron chi connectivity index (χ1n) is 5.94. The van der Waals surface area contributed by atoms with Crippen LogP contribution in [0.2, 0.25) is 0 Å². The number of anilines is 1. The number of rotatable bonds is 3. The fourth-order valence-corrected chi connectivity index (χ4v) is 1.76. The number of aliphatic imine (C=N–C) groups is 1. The number of pyridine rings is 1. The van der Waals surface area contributed by atoms with E-state index in [1.807, 2.05) is 18.2 Å². The lowest BCUT2D eigenvalue weighted by Gasteiger charge is -2.20. The van der Waals surface area contributed by atoms with Gasteiger partial charge < -0.3 is 15.8 Å². The van der Waals surface area contributed by atoms with Gasteiger partial charge in [-0.2, -0.15) is 0 Å². The molecule has 0 aliphatic carbocycles. The maximum absolute atomic E-state index is 5.77. The monoisotopic (exact) mass is 362 g/mol. The van der Waals surface area contributed by atoms with Crippen LogP contribution >= 0.6 is 24.0 Å². The number of nitrogens with zero attached hydrogens (tertiary/aromatic N) is 2. The number of nitrogens with one attached hydrogen (secondary N) is 1.